The maximum atomic E-state index is 13.0. The first-order valence-corrected chi connectivity index (χ1v) is 6.26. The van der Waals surface area contributed by atoms with Crippen LogP contribution >= 0.6 is 15.9 Å². The van der Waals surface area contributed by atoms with Gasteiger partial charge in [0, 0.05) is 10.5 Å². The van der Waals surface area contributed by atoms with Crippen molar-refractivity contribution in [1.29, 1.82) is 0 Å². The highest BCUT2D eigenvalue weighted by molar-refractivity contribution is 9.10. The van der Waals surface area contributed by atoms with Crippen LogP contribution in [-0.4, -0.2) is 6.04 Å². The van der Waals surface area contributed by atoms with E-state index in [2.05, 4.69) is 21.2 Å². The molecule has 0 amide bonds. The fourth-order valence-electron chi connectivity index (χ4n) is 2.07. The number of halogens is 2. The van der Waals surface area contributed by atoms with Crippen molar-refractivity contribution >= 4 is 21.6 Å². The second-order valence-corrected chi connectivity index (χ2v) is 4.96. The van der Waals surface area contributed by atoms with Crippen LogP contribution in [-0.2, 0) is 0 Å². The van der Waals surface area contributed by atoms with Crippen molar-refractivity contribution in [3.05, 3.63) is 28.5 Å². The lowest BCUT2D eigenvalue weighted by Gasteiger charge is -2.24. The summed E-state index contributed by atoms with van der Waals surface area (Å²) in [6, 6.07) is 5.28. The number of anilines is 1. The summed E-state index contributed by atoms with van der Waals surface area (Å²) in [5.41, 5.74) is 0.877. The molecule has 1 saturated carbocycles. The van der Waals surface area contributed by atoms with Gasteiger partial charge in [0.05, 0.1) is 5.69 Å². The Balaban J connectivity index is 2.05. The molecule has 1 aromatic rings. The first-order chi connectivity index (χ1) is 7.25. The Morgan fingerprint density at radius 1 is 1.20 bits per heavy atom. The quantitative estimate of drug-likeness (QED) is 0.844. The first kappa shape index (κ1) is 10.9. The number of hydrogen-bond donors (Lipinski definition) is 1. The fraction of sp³-hybridized carbons (Fsp3) is 0.500. The highest BCUT2D eigenvalue weighted by Gasteiger charge is 2.14. The van der Waals surface area contributed by atoms with Gasteiger partial charge in [-0.1, -0.05) is 19.3 Å². The Morgan fingerprint density at radius 3 is 2.67 bits per heavy atom. The molecule has 3 heteroatoms. The van der Waals surface area contributed by atoms with Gasteiger partial charge in [0.25, 0.3) is 0 Å². The van der Waals surface area contributed by atoms with Gasteiger partial charge in [0.1, 0.15) is 5.82 Å². The topological polar surface area (TPSA) is 12.0 Å². The smallest absolute Gasteiger partial charge is 0.125 e. The van der Waals surface area contributed by atoms with E-state index >= 15 is 0 Å². The van der Waals surface area contributed by atoms with Gasteiger partial charge in [-0.3, -0.25) is 0 Å². The molecule has 0 aliphatic heterocycles. The van der Waals surface area contributed by atoms with Gasteiger partial charge in [-0.15, -0.1) is 0 Å². The molecule has 0 bridgehead atoms. The van der Waals surface area contributed by atoms with Crippen molar-refractivity contribution in [2.24, 2.45) is 0 Å². The summed E-state index contributed by atoms with van der Waals surface area (Å²) in [7, 11) is 0. The highest BCUT2D eigenvalue weighted by Crippen LogP contribution is 2.27. The van der Waals surface area contributed by atoms with Gasteiger partial charge in [0.15, 0.2) is 0 Å². The molecule has 2 rings (SSSR count). The normalized spacial score (nSPS) is 17.7. The van der Waals surface area contributed by atoms with E-state index < -0.39 is 0 Å². The van der Waals surface area contributed by atoms with Crippen LogP contribution < -0.4 is 5.32 Å². The van der Waals surface area contributed by atoms with Crippen LogP contribution in [0, 0.1) is 5.82 Å². The van der Waals surface area contributed by atoms with Crippen LogP contribution in [0.1, 0.15) is 32.1 Å². The third kappa shape index (κ3) is 2.94. The van der Waals surface area contributed by atoms with Crippen LogP contribution in [0.3, 0.4) is 0 Å². The van der Waals surface area contributed by atoms with Crippen LogP contribution in [0.25, 0.3) is 0 Å². The minimum Gasteiger partial charge on any atom is -0.381 e. The van der Waals surface area contributed by atoms with Crippen LogP contribution in [0.15, 0.2) is 22.7 Å². The summed E-state index contributed by atoms with van der Waals surface area (Å²) < 4.78 is 14.0. The molecule has 1 aliphatic carbocycles. The minimum atomic E-state index is -0.184. The van der Waals surface area contributed by atoms with Crippen LogP contribution in [0.4, 0.5) is 10.1 Å². The molecular formula is C12H15BrFN. The molecule has 0 radical (unpaired) electrons. The first-order valence-electron chi connectivity index (χ1n) is 5.47. The molecule has 0 saturated heterocycles. The zero-order valence-electron chi connectivity index (χ0n) is 8.60. The number of hydrogen-bond acceptors (Lipinski definition) is 1. The molecule has 0 atom stereocenters. The second kappa shape index (κ2) is 4.97. The minimum absolute atomic E-state index is 0.184. The van der Waals surface area contributed by atoms with E-state index in [9.17, 15) is 4.39 Å². The zero-order chi connectivity index (χ0) is 10.7. The molecule has 1 N–H and O–H groups in total. The summed E-state index contributed by atoms with van der Waals surface area (Å²) in [5, 5.41) is 3.40. The van der Waals surface area contributed by atoms with Crippen molar-refractivity contribution in [2.75, 3.05) is 5.32 Å². The molecule has 0 unspecified atom stereocenters. The van der Waals surface area contributed by atoms with E-state index in [1.807, 2.05) is 0 Å². The maximum Gasteiger partial charge on any atom is 0.125 e. The van der Waals surface area contributed by atoms with Gasteiger partial charge in [0.2, 0.25) is 0 Å². The lowest BCUT2D eigenvalue weighted by Crippen LogP contribution is -2.22. The molecular weight excluding hydrogens is 257 g/mol. The Hall–Kier alpha value is -0.570. The molecule has 1 aromatic carbocycles. The molecule has 15 heavy (non-hydrogen) atoms. The lowest BCUT2D eigenvalue weighted by molar-refractivity contribution is 0.462. The average molecular weight is 272 g/mol. The van der Waals surface area contributed by atoms with E-state index in [-0.39, 0.29) is 5.82 Å². The van der Waals surface area contributed by atoms with Gasteiger partial charge in [-0.2, -0.15) is 0 Å². The standard InChI is InChI=1S/C12H15BrFN/c13-11-7-6-9(14)8-12(11)15-10-4-2-1-3-5-10/h6-8,10,15H,1-5H2. The largest absolute Gasteiger partial charge is 0.381 e. The number of rotatable bonds is 2. The fourth-order valence-corrected chi connectivity index (χ4v) is 2.44. The lowest BCUT2D eigenvalue weighted by atomic mass is 9.95. The molecule has 1 fully saturated rings. The molecule has 1 nitrogen and oxygen atoms in total. The van der Waals surface area contributed by atoms with E-state index in [0.717, 1.165) is 10.2 Å². The summed E-state index contributed by atoms with van der Waals surface area (Å²) in [6.07, 6.45) is 6.30. The monoisotopic (exact) mass is 271 g/mol. The summed E-state index contributed by atoms with van der Waals surface area (Å²) in [6.45, 7) is 0. The summed E-state index contributed by atoms with van der Waals surface area (Å²) >= 11 is 3.43. The molecule has 0 spiro atoms. The molecule has 1 aliphatic rings. The Morgan fingerprint density at radius 2 is 1.93 bits per heavy atom. The van der Waals surface area contributed by atoms with Gasteiger partial charge in [-0.25, -0.2) is 4.39 Å². The van der Waals surface area contributed by atoms with Crippen LogP contribution in [0.5, 0.6) is 0 Å². The number of nitrogens with one attached hydrogen (secondary N) is 1. The van der Waals surface area contributed by atoms with Crippen molar-refractivity contribution in [3.8, 4) is 0 Å². The third-order valence-electron chi connectivity index (χ3n) is 2.89. The Labute approximate surface area is 98.2 Å². The SMILES string of the molecule is Fc1ccc(Br)c(NC2CCCCC2)c1. The molecule has 0 aromatic heterocycles. The van der Waals surface area contributed by atoms with E-state index in [4.69, 9.17) is 0 Å². The van der Waals surface area contributed by atoms with Gasteiger partial charge >= 0.3 is 0 Å². The number of benzene rings is 1. The van der Waals surface area contributed by atoms with Gasteiger partial charge in [-0.05, 0) is 47.0 Å². The van der Waals surface area contributed by atoms with Crippen molar-refractivity contribution in [3.63, 3.8) is 0 Å². The highest BCUT2D eigenvalue weighted by atomic mass is 79.9. The molecule has 0 heterocycles. The Bertz CT molecular complexity index is 334. The third-order valence-corrected chi connectivity index (χ3v) is 3.58. The maximum absolute atomic E-state index is 13.0. The summed E-state index contributed by atoms with van der Waals surface area (Å²) in [4.78, 5) is 0. The molecule has 82 valence electrons. The Kier molecular flexibility index (Phi) is 3.62. The van der Waals surface area contributed by atoms with Crippen molar-refractivity contribution in [2.45, 2.75) is 38.1 Å². The zero-order valence-corrected chi connectivity index (χ0v) is 10.2. The summed E-state index contributed by atoms with van der Waals surface area (Å²) in [5.74, 6) is -0.184. The van der Waals surface area contributed by atoms with Crippen LogP contribution in [0.2, 0.25) is 0 Å². The van der Waals surface area contributed by atoms with E-state index in [1.165, 1.54) is 38.2 Å². The predicted octanol–water partition coefficient (Wildman–Crippen LogP) is 4.33. The van der Waals surface area contributed by atoms with Gasteiger partial charge < -0.3 is 5.32 Å². The average Bonchev–Trinajstić information content (AvgIpc) is 2.25. The van der Waals surface area contributed by atoms with E-state index in [0.29, 0.717) is 6.04 Å². The van der Waals surface area contributed by atoms with Crippen molar-refractivity contribution in [1.82, 2.24) is 0 Å². The predicted molar refractivity (Wildman–Crippen MR) is 64.6 cm³/mol. The van der Waals surface area contributed by atoms with Crippen molar-refractivity contribution < 1.29 is 4.39 Å². The van der Waals surface area contributed by atoms with E-state index in [1.54, 1.807) is 12.1 Å². The second-order valence-electron chi connectivity index (χ2n) is 4.10.